The van der Waals surface area contributed by atoms with Gasteiger partial charge >= 0.3 is 0 Å². The lowest BCUT2D eigenvalue weighted by Crippen LogP contribution is -2.42. The number of aromatic nitrogens is 4. The molecule has 1 aliphatic heterocycles. The Hall–Kier alpha value is -4.14. The Morgan fingerprint density at radius 1 is 1.10 bits per heavy atom. The summed E-state index contributed by atoms with van der Waals surface area (Å²) in [6.45, 7) is 0.454. The largest absolute Gasteiger partial charge is 0.486 e. The normalized spacial score (nSPS) is 15.0. The van der Waals surface area contributed by atoms with Gasteiger partial charge in [-0.05, 0) is 24.3 Å². The molecule has 1 atom stereocenters. The van der Waals surface area contributed by atoms with Crippen LogP contribution in [0.3, 0.4) is 0 Å². The highest BCUT2D eigenvalue weighted by atomic mass is 16.6. The first-order valence-electron chi connectivity index (χ1n) is 9.83. The van der Waals surface area contributed by atoms with Crippen molar-refractivity contribution < 1.29 is 14.3 Å². The van der Waals surface area contributed by atoms with Crippen molar-refractivity contribution in [2.45, 2.75) is 12.6 Å². The van der Waals surface area contributed by atoms with E-state index in [9.17, 15) is 9.59 Å². The van der Waals surface area contributed by atoms with Gasteiger partial charge in [0.25, 0.3) is 5.56 Å². The van der Waals surface area contributed by atoms with Crippen molar-refractivity contribution in [2.75, 3.05) is 13.2 Å². The summed E-state index contributed by atoms with van der Waals surface area (Å²) in [5, 5.41) is 7.41. The van der Waals surface area contributed by atoms with Gasteiger partial charge in [0.1, 0.15) is 31.0 Å². The molecule has 0 bridgehead atoms. The zero-order valence-electron chi connectivity index (χ0n) is 16.5. The summed E-state index contributed by atoms with van der Waals surface area (Å²) in [6.07, 6.45) is 2.53. The van der Waals surface area contributed by atoms with Gasteiger partial charge in [0.2, 0.25) is 5.91 Å². The fourth-order valence-electron chi connectivity index (χ4n) is 3.42. The zero-order valence-corrected chi connectivity index (χ0v) is 16.5. The molecule has 1 N–H and O–H groups in total. The minimum atomic E-state index is -0.325. The van der Waals surface area contributed by atoms with E-state index in [4.69, 9.17) is 9.47 Å². The predicted molar refractivity (Wildman–Crippen MR) is 112 cm³/mol. The highest BCUT2D eigenvalue weighted by molar-refractivity contribution is 5.77. The lowest BCUT2D eigenvalue weighted by Gasteiger charge is -2.26. The molecular weight excluding hydrogens is 398 g/mol. The second kappa shape index (κ2) is 7.94. The highest BCUT2D eigenvalue weighted by Crippen LogP contribution is 2.30. The molecule has 156 valence electrons. The number of para-hydroxylation sites is 3. The topological polar surface area (TPSA) is 100 Å². The van der Waals surface area contributed by atoms with Crippen LogP contribution in [0, 0.1) is 0 Å². The Balaban J connectivity index is 1.26. The van der Waals surface area contributed by atoms with E-state index in [0.29, 0.717) is 29.1 Å². The number of nitrogens with zero attached hydrogens (tertiary/aromatic N) is 4. The fourth-order valence-corrected chi connectivity index (χ4v) is 3.42. The Labute approximate surface area is 176 Å². The lowest BCUT2D eigenvalue weighted by molar-refractivity contribution is -0.122. The molecule has 0 radical (unpaired) electrons. The average molecular weight is 417 g/mol. The minimum absolute atomic E-state index is 0.150. The van der Waals surface area contributed by atoms with Crippen LogP contribution in [-0.2, 0) is 11.3 Å². The molecule has 1 aliphatic rings. The number of rotatable bonds is 5. The maximum absolute atomic E-state index is 12.8. The van der Waals surface area contributed by atoms with Gasteiger partial charge in [-0.25, -0.2) is 9.67 Å². The maximum Gasteiger partial charge on any atom is 0.264 e. The molecule has 0 saturated carbocycles. The number of carbonyl (C=O) groups excluding carboxylic acids is 1. The minimum Gasteiger partial charge on any atom is -0.486 e. The number of fused-ring (bicyclic) bond motifs is 2. The van der Waals surface area contributed by atoms with E-state index in [-0.39, 0.29) is 30.7 Å². The van der Waals surface area contributed by atoms with Crippen LogP contribution < -0.4 is 20.3 Å². The van der Waals surface area contributed by atoms with Gasteiger partial charge in [-0.3, -0.25) is 14.2 Å². The van der Waals surface area contributed by atoms with Crippen LogP contribution in [0.5, 0.6) is 11.5 Å². The average Bonchev–Trinajstić information content (AvgIpc) is 3.25. The van der Waals surface area contributed by atoms with Crippen molar-refractivity contribution >= 4 is 16.9 Å². The van der Waals surface area contributed by atoms with Gasteiger partial charge in [0.05, 0.1) is 18.4 Å². The van der Waals surface area contributed by atoms with Crippen LogP contribution in [0.2, 0.25) is 0 Å². The number of amides is 1. The van der Waals surface area contributed by atoms with E-state index < -0.39 is 0 Å². The van der Waals surface area contributed by atoms with E-state index in [2.05, 4.69) is 15.4 Å². The third kappa shape index (κ3) is 3.73. The Bertz CT molecular complexity index is 1300. The molecule has 2 aromatic carbocycles. The molecule has 5 rings (SSSR count). The van der Waals surface area contributed by atoms with Crippen LogP contribution in [0.1, 0.15) is 0 Å². The number of hydrogen-bond donors (Lipinski definition) is 1. The van der Waals surface area contributed by atoms with Gasteiger partial charge in [-0.2, -0.15) is 5.10 Å². The van der Waals surface area contributed by atoms with E-state index in [1.807, 2.05) is 54.6 Å². The number of benzene rings is 2. The molecule has 0 saturated heterocycles. The van der Waals surface area contributed by atoms with Crippen LogP contribution in [0.25, 0.3) is 16.7 Å². The quantitative estimate of drug-likeness (QED) is 0.529. The second-order valence-electron chi connectivity index (χ2n) is 7.11. The summed E-state index contributed by atoms with van der Waals surface area (Å²) in [7, 11) is 0. The molecule has 9 nitrogen and oxygen atoms in total. The van der Waals surface area contributed by atoms with Gasteiger partial charge in [0.15, 0.2) is 17.1 Å². The molecular formula is C22H19N5O4. The second-order valence-corrected chi connectivity index (χ2v) is 7.11. The van der Waals surface area contributed by atoms with Crippen LogP contribution in [0.15, 0.2) is 71.9 Å². The third-order valence-electron chi connectivity index (χ3n) is 4.96. The third-order valence-corrected chi connectivity index (χ3v) is 4.96. The molecule has 0 unspecified atom stereocenters. The van der Waals surface area contributed by atoms with E-state index in [1.165, 1.54) is 17.1 Å². The summed E-state index contributed by atoms with van der Waals surface area (Å²) in [5.41, 5.74) is 0.920. The molecule has 4 aromatic rings. The lowest BCUT2D eigenvalue weighted by atomic mass is 10.2. The van der Waals surface area contributed by atoms with Crippen LogP contribution in [-0.4, -0.2) is 44.5 Å². The summed E-state index contributed by atoms with van der Waals surface area (Å²) < 4.78 is 14.3. The molecule has 31 heavy (non-hydrogen) atoms. The van der Waals surface area contributed by atoms with Gasteiger partial charge < -0.3 is 14.8 Å². The van der Waals surface area contributed by atoms with Gasteiger partial charge in [0, 0.05) is 0 Å². The Kier molecular flexibility index (Phi) is 4.83. The maximum atomic E-state index is 12.8. The standard InChI is InChI=1S/C22H19N5O4/c28-20(23-10-16-13-30-18-8-4-5-9-19(18)31-16)12-26-14-24-21-17(22(26)29)11-25-27(21)15-6-2-1-3-7-15/h1-9,11,14,16H,10,12-13H2,(H,23,28)/t16-/m1/s1. The number of hydrogen-bond acceptors (Lipinski definition) is 6. The first kappa shape index (κ1) is 18.9. The van der Waals surface area contributed by atoms with Crippen molar-refractivity contribution in [3.8, 4) is 17.2 Å². The molecule has 0 spiro atoms. The first-order valence-corrected chi connectivity index (χ1v) is 9.83. The number of ether oxygens (including phenoxy) is 2. The molecule has 3 heterocycles. The van der Waals surface area contributed by atoms with Crippen LogP contribution in [0.4, 0.5) is 0 Å². The number of nitrogens with one attached hydrogen (secondary N) is 1. The smallest absolute Gasteiger partial charge is 0.264 e. The van der Waals surface area contributed by atoms with Gasteiger partial charge in [-0.1, -0.05) is 30.3 Å². The fraction of sp³-hybridized carbons (Fsp3) is 0.182. The molecule has 1 amide bonds. The van der Waals surface area contributed by atoms with Crippen molar-refractivity contribution in [3.05, 3.63) is 77.5 Å². The van der Waals surface area contributed by atoms with Crippen molar-refractivity contribution in [3.63, 3.8) is 0 Å². The summed E-state index contributed by atoms with van der Waals surface area (Å²) >= 11 is 0. The van der Waals surface area contributed by atoms with Crippen LogP contribution >= 0.6 is 0 Å². The van der Waals surface area contributed by atoms with E-state index in [1.54, 1.807) is 4.68 Å². The van der Waals surface area contributed by atoms with Crippen molar-refractivity contribution in [1.82, 2.24) is 24.6 Å². The monoisotopic (exact) mass is 417 g/mol. The van der Waals surface area contributed by atoms with Gasteiger partial charge in [-0.15, -0.1) is 0 Å². The number of carbonyl (C=O) groups is 1. The highest BCUT2D eigenvalue weighted by Gasteiger charge is 2.21. The molecule has 2 aromatic heterocycles. The Morgan fingerprint density at radius 3 is 2.71 bits per heavy atom. The molecule has 9 heteroatoms. The first-order chi connectivity index (χ1) is 15.2. The summed E-state index contributed by atoms with van der Waals surface area (Å²) in [6, 6.07) is 16.8. The Morgan fingerprint density at radius 2 is 1.87 bits per heavy atom. The molecule has 0 fully saturated rings. The molecule has 0 aliphatic carbocycles. The summed E-state index contributed by atoms with van der Waals surface area (Å²) in [5.74, 6) is 1.02. The van der Waals surface area contributed by atoms with E-state index >= 15 is 0 Å². The van der Waals surface area contributed by atoms with Crippen molar-refractivity contribution in [2.24, 2.45) is 0 Å². The van der Waals surface area contributed by atoms with Crippen molar-refractivity contribution in [1.29, 1.82) is 0 Å². The summed E-state index contributed by atoms with van der Waals surface area (Å²) in [4.78, 5) is 29.5. The van der Waals surface area contributed by atoms with E-state index in [0.717, 1.165) is 5.69 Å². The SMILES string of the molecule is O=C(Cn1cnc2c(cnn2-c2ccccc2)c1=O)NC[C@@H]1COc2ccccc2O1. The predicted octanol–water partition coefficient (Wildman–Crippen LogP) is 1.54. The zero-order chi connectivity index (χ0) is 21.2.